The van der Waals surface area contributed by atoms with E-state index in [-0.39, 0.29) is 24.8 Å². The second-order valence-corrected chi connectivity index (χ2v) is 8.94. The van der Waals surface area contributed by atoms with E-state index < -0.39 is 88.2 Å². The number of pyridine rings is 1. The molecule has 4 rings (SSSR count). The first-order valence-corrected chi connectivity index (χ1v) is 11.5. The lowest BCUT2D eigenvalue weighted by Gasteiger charge is -2.34. The topological polar surface area (TPSA) is 97.0 Å². The van der Waals surface area contributed by atoms with Crippen molar-refractivity contribution in [3.63, 3.8) is 0 Å². The average Bonchev–Trinajstić information content (AvgIpc) is 2.83. The van der Waals surface area contributed by atoms with Crippen LogP contribution in [-0.2, 0) is 29.9 Å². The van der Waals surface area contributed by atoms with Gasteiger partial charge in [-0.3, -0.25) is 9.59 Å². The summed E-state index contributed by atoms with van der Waals surface area (Å²) in [6.07, 6.45) is -14.8. The molecular weight excluding hydrogens is 582 g/mol. The summed E-state index contributed by atoms with van der Waals surface area (Å²) in [7, 11) is 0. The summed E-state index contributed by atoms with van der Waals surface area (Å²) in [6.45, 7) is -0.665. The van der Waals surface area contributed by atoms with Crippen molar-refractivity contribution in [3.8, 4) is 17.3 Å². The maximum absolute atomic E-state index is 15.3. The first kappa shape index (κ1) is 29.8. The molecule has 2 N–H and O–H groups in total. The summed E-state index contributed by atoms with van der Waals surface area (Å²) in [5, 5.41) is 2.31. The number of ether oxygens (including phenoxy) is 1. The maximum Gasteiger partial charge on any atom is 0.433 e. The highest BCUT2D eigenvalue weighted by Gasteiger charge is 2.40. The number of hydrogen-bond donors (Lipinski definition) is 2. The van der Waals surface area contributed by atoms with Crippen LogP contribution in [0.15, 0.2) is 41.3 Å². The molecule has 2 heterocycles. The van der Waals surface area contributed by atoms with Gasteiger partial charge in [0.05, 0.1) is 16.7 Å². The van der Waals surface area contributed by atoms with E-state index in [1.54, 1.807) is 4.98 Å². The molecule has 1 fully saturated rings. The van der Waals surface area contributed by atoms with Crippen LogP contribution in [0, 0.1) is 11.7 Å². The molecule has 7 nitrogen and oxygen atoms in total. The number of carbonyl (C=O) groups is 1. The highest BCUT2D eigenvalue weighted by atomic mass is 19.4. The predicted octanol–water partition coefficient (Wildman–Crippen LogP) is 5.50. The minimum Gasteiger partial charge on any atom is -0.474 e. The number of nitrogens with zero attached hydrogens (tertiary/aromatic N) is 2. The average molecular weight is 598 g/mol. The zero-order valence-corrected chi connectivity index (χ0v) is 20.1. The minimum atomic E-state index is -5.24. The Morgan fingerprint density at radius 2 is 1.66 bits per heavy atom. The fraction of sp³-hybridized carbons (Fsp3) is 0.333. The molecule has 0 aliphatic heterocycles. The molecule has 1 amide bonds. The van der Waals surface area contributed by atoms with Crippen molar-refractivity contribution in [2.75, 3.05) is 0 Å². The van der Waals surface area contributed by atoms with Gasteiger partial charge in [0.15, 0.2) is 5.69 Å². The van der Waals surface area contributed by atoms with Gasteiger partial charge in [-0.1, -0.05) is 6.07 Å². The number of H-pyrrole nitrogens is 1. The molecule has 41 heavy (non-hydrogen) atoms. The number of rotatable bonds is 6. The fourth-order valence-electron chi connectivity index (χ4n) is 3.94. The number of benzene rings is 1. The van der Waals surface area contributed by atoms with Crippen molar-refractivity contribution in [1.82, 2.24) is 20.3 Å². The Morgan fingerprint density at radius 3 is 2.22 bits per heavy atom. The van der Waals surface area contributed by atoms with E-state index in [2.05, 4.69) is 15.3 Å². The number of nitrogens with one attached hydrogen (secondary N) is 2. The molecular formula is C24H16F10N4O3. The summed E-state index contributed by atoms with van der Waals surface area (Å²) in [5.74, 6) is -4.42. The van der Waals surface area contributed by atoms with Crippen LogP contribution in [0.2, 0.25) is 0 Å². The molecule has 1 saturated carbocycles. The quantitative estimate of drug-likeness (QED) is 0.366. The van der Waals surface area contributed by atoms with Crippen LogP contribution in [0.3, 0.4) is 0 Å². The lowest BCUT2D eigenvalue weighted by molar-refractivity contribution is -0.141. The van der Waals surface area contributed by atoms with Gasteiger partial charge in [0.1, 0.15) is 17.7 Å². The van der Waals surface area contributed by atoms with Gasteiger partial charge in [-0.05, 0) is 25.0 Å². The van der Waals surface area contributed by atoms with E-state index >= 15 is 4.39 Å². The Labute approximate surface area is 222 Å². The summed E-state index contributed by atoms with van der Waals surface area (Å²) in [6, 6.07) is 2.83. The highest BCUT2D eigenvalue weighted by Crippen LogP contribution is 2.39. The Bertz CT molecular complexity index is 1490. The van der Waals surface area contributed by atoms with Crippen molar-refractivity contribution in [2.45, 2.75) is 44.0 Å². The highest BCUT2D eigenvalue weighted by molar-refractivity contribution is 5.79. The number of alkyl halides is 9. The van der Waals surface area contributed by atoms with Crippen LogP contribution in [0.25, 0.3) is 11.4 Å². The number of hydrogen-bond acceptors (Lipinski definition) is 5. The second kappa shape index (κ2) is 10.7. The van der Waals surface area contributed by atoms with Crippen LogP contribution < -0.4 is 15.6 Å². The summed E-state index contributed by atoms with van der Waals surface area (Å²) in [5.41, 5.74) is -7.97. The molecule has 220 valence electrons. The monoisotopic (exact) mass is 598 g/mol. The van der Waals surface area contributed by atoms with E-state index in [4.69, 9.17) is 4.74 Å². The molecule has 1 aromatic carbocycles. The van der Waals surface area contributed by atoms with Gasteiger partial charge in [0, 0.05) is 36.4 Å². The Balaban J connectivity index is 1.46. The third kappa shape index (κ3) is 6.77. The normalized spacial score (nSPS) is 17.6. The summed E-state index contributed by atoms with van der Waals surface area (Å²) >= 11 is 0. The molecule has 17 heteroatoms. The zero-order valence-electron chi connectivity index (χ0n) is 20.1. The molecule has 3 aromatic rings. The number of halogens is 10. The van der Waals surface area contributed by atoms with Crippen LogP contribution >= 0.6 is 0 Å². The van der Waals surface area contributed by atoms with Crippen molar-refractivity contribution in [3.05, 3.63) is 75.1 Å². The molecule has 0 spiro atoms. The van der Waals surface area contributed by atoms with Gasteiger partial charge in [0.25, 0.3) is 5.56 Å². The van der Waals surface area contributed by atoms with Crippen LogP contribution in [-0.4, -0.2) is 27.0 Å². The van der Waals surface area contributed by atoms with E-state index in [1.165, 1.54) is 0 Å². The summed E-state index contributed by atoms with van der Waals surface area (Å²) in [4.78, 5) is 32.4. The number of aromatic nitrogens is 3. The van der Waals surface area contributed by atoms with E-state index in [1.807, 2.05) is 0 Å². The molecule has 0 bridgehead atoms. The molecule has 0 unspecified atom stereocenters. The Hall–Kier alpha value is -4.18. The molecule has 1 aliphatic carbocycles. The van der Waals surface area contributed by atoms with Crippen LogP contribution in [0.1, 0.15) is 35.2 Å². The maximum atomic E-state index is 15.3. The van der Waals surface area contributed by atoms with Crippen molar-refractivity contribution in [1.29, 1.82) is 0 Å². The second-order valence-electron chi connectivity index (χ2n) is 8.94. The van der Waals surface area contributed by atoms with Gasteiger partial charge in [-0.25, -0.2) is 14.4 Å². The lowest BCUT2D eigenvalue weighted by Crippen LogP contribution is -2.43. The smallest absolute Gasteiger partial charge is 0.433 e. The number of aromatic amines is 1. The Kier molecular flexibility index (Phi) is 7.75. The van der Waals surface area contributed by atoms with Crippen LogP contribution in [0.4, 0.5) is 43.9 Å². The summed E-state index contributed by atoms with van der Waals surface area (Å²) < 4.78 is 138. The standard InChI is InChI=1S/C24H16F10N4O3/c25-19-10(1-3-14(23(29,30)31)18(19)20-37-15(24(32,33)34)7-16(39)38-20)8-36-21(40)11-5-13(6-11)41-17-4-2-12(9-35-17)22(26,27)28/h1-4,7,9,11,13H,5-6,8H2,(H,36,40)(H,37,38,39)/t11-,13+. The first-order valence-electron chi connectivity index (χ1n) is 11.5. The van der Waals surface area contributed by atoms with E-state index in [9.17, 15) is 49.1 Å². The van der Waals surface area contributed by atoms with Crippen molar-refractivity contribution >= 4 is 5.91 Å². The van der Waals surface area contributed by atoms with Crippen LogP contribution in [0.5, 0.6) is 5.88 Å². The molecule has 0 saturated heterocycles. The number of carbonyl (C=O) groups excluding carboxylic acids is 1. The molecule has 0 radical (unpaired) electrons. The van der Waals surface area contributed by atoms with Crippen molar-refractivity contribution in [2.24, 2.45) is 5.92 Å². The number of amides is 1. The molecule has 2 aromatic heterocycles. The van der Waals surface area contributed by atoms with Gasteiger partial charge < -0.3 is 15.0 Å². The first-order chi connectivity index (χ1) is 18.9. The van der Waals surface area contributed by atoms with Gasteiger partial charge >= 0.3 is 18.5 Å². The SMILES string of the molecule is O=c1cc(C(F)(F)F)nc(-c2c(C(F)(F)F)ccc(CNC(=O)[C@H]3C[C@@H](Oc4ccc(C(F)(F)F)cn4)C3)c2F)[nH]1. The van der Waals surface area contributed by atoms with Gasteiger partial charge in [0.2, 0.25) is 11.8 Å². The lowest BCUT2D eigenvalue weighted by atomic mass is 9.81. The van der Waals surface area contributed by atoms with E-state index in [0.29, 0.717) is 18.3 Å². The van der Waals surface area contributed by atoms with Crippen molar-refractivity contribution < 1.29 is 53.4 Å². The third-order valence-corrected chi connectivity index (χ3v) is 6.07. The largest absolute Gasteiger partial charge is 0.474 e. The van der Waals surface area contributed by atoms with Gasteiger partial charge in [-0.15, -0.1) is 0 Å². The van der Waals surface area contributed by atoms with E-state index in [0.717, 1.165) is 12.1 Å². The third-order valence-electron chi connectivity index (χ3n) is 6.07. The fourth-order valence-corrected chi connectivity index (χ4v) is 3.94. The van der Waals surface area contributed by atoms with Gasteiger partial charge in [-0.2, -0.15) is 39.5 Å². The Morgan fingerprint density at radius 1 is 0.976 bits per heavy atom. The predicted molar refractivity (Wildman–Crippen MR) is 118 cm³/mol. The zero-order chi connectivity index (χ0) is 30.3. The minimum absolute atomic E-state index is 0.00195. The molecule has 0 atom stereocenters. The molecule has 1 aliphatic rings.